The third kappa shape index (κ3) is 3.58. The Morgan fingerprint density at radius 2 is 1.88 bits per heavy atom. The van der Waals surface area contributed by atoms with Gasteiger partial charge in [0.1, 0.15) is 10.6 Å². The van der Waals surface area contributed by atoms with Gasteiger partial charge in [-0.05, 0) is 38.0 Å². The summed E-state index contributed by atoms with van der Waals surface area (Å²) in [6.45, 7) is 2.00. The molecule has 9 heteroatoms. The van der Waals surface area contributed by atoms with E-state index < -0.39 is 27.3 Å². The van der Waals surface area contributed by atoms with Crippen molar-refractivity contribution in [2.75, 3.05) is 26.0 Å². The first-order valence-corrected chi connectivity index (χ1v) is 9.48. The maximum Gasteiger partial charge on any atom is 0.319 e. The van der Waals surface area contributed by atoms with Gasteiger partial charge in [0.25, 0.3) is 0 Å². The first-order chi connectivity index (χ1) is 12.1. The second kappa shape index (κ2) is 7.46. The van der Waals surface area contributed by atoms with Crippen molar-refractivity contribution in [3.05, 3.63) is 30.4 Å². The van der Waals surface area contributed by atoms with Gasteiger partial charge in [0, 0.05) is 19.8 Å². The number of carboxylic acids is 1. The van der Waals surface area contributed by atoms with E-state index in [-0.39, 0.29) is 35.8 Å². The smallest absolute Gasteiger partial charge is 0.319 e. The SMILES string of the molecule is CCOc1ccc(NC(=O)C2(C(=O)O)CC=CC2)cc1S(=O)(=O)N(C)C. The Morgan fingerprint density at radius 3 is 2.38 bits per heavy atom. The van der Waals surface area contributed by atoms with E-state index in [1.54, 1.807) is 19.1 Å². The van der Waals surface area contributed by atoms with Crippen molar-refractivity contribution in [1.82, 2.24) is 4.31 Å². The van der Waals surface area contributed by atoms with Gasteiger partial charge in [-0.3, -0.25) is 9.59 Å². The van der Waals surface area contributed by atoms with E-state index >= 15 is 0 Å². The Bertz CT molecular complexity index is 837. The number of hydrogen-bond acceptors (Lipinski definition) is 5. The van der Waals surface area contributed by atoms with Gasteiger partial charge in [0.05, 0.1) is 6.61 Å². The molecule has 8 nitrogen and oxygen atoms in total. The molecule has 1 aliphatic rings. The average molecular weight is 382 g/mol. The van der Waals surface area contributed by atoms with Crippen LogP contribution in [0.5, 0.6) is 5.75 Å². The van der Waals surface area contributed by atoms with Crippen LogP contribution in [0.1, 0.15) is 19.8 Å². The lowest BCUT2D eigenvalue weighted by atomic mass is 9.84. The number of allylic oxidation sites excluding steroid dienone is 2. The van der Waals surface area contributed by atoms with Crippen LogP contribution < -0.4 is 10.1 Å². The Labute approximate surface area is 152 Å². The van der Waals surface area contributed by atoms with Crippen LogP contribution in [0.4, 0.5) is 5.69 Å². The molecule has 0 aromatic heterocycles. The molecular weight excluding hydrogens is 360 g/mol. The predicted octanol–water partition coefficient (Wildman–Crippen LogP) is 1.70. The quantitative estimate of drug-likeness (QED) is 0.548. The highest BCUT2D eigenvalue weighted by atomic mass is 32.2. The fourth-order valence-electron chi connectivity index (χ4n) is 2.62. The van der Waals surface area contributed by atoms with Crippen molar-refractivity contribution >= 4 is 27.6 Å². The molecular formula is C17H22N2O6S. The number of nitrogens with one attached hydrogen (secondary N) is 1. The number of carbonyl (C=O) groups is 2. The van der Waals surface area contributed by atoms with Gasteiger partial charge in [0.15, 0.2) is 5.41 Å². The Balaban J connectivity index is 2.39. The van der Waals surface area contributed by atoms with E-state index in [0.29, 0.717) is 0 Å². The molecule has 0 unspecified atom stereocenters. The monoisotopic (exact) mass is 382 g/mol. The fourth-order valence-corrected chi connectivity index (χ4v) is 3.67. The number of carboxylic acid groups (broad SMARTS) is 1. The fraction of sp³-hybridized carbons (Fsp3) is 0.412. The highest BCUT2D eigenvalue weighted by molar-refractivity contribution is 7.89. The molecule has 0 saturated carbocycles. The molecule has 2 N–H and O–H groups in total. The third-order valence-electron chi connectivity index (χ3n) is 4.20. The Kier molecular flexibility index (Phi) is 5.72. The Morgan fingerprint density at radius 1 is 1.27 bits per heavy atom. The van der Waals surface area contributed by atoms with Gasteiger partial charge in [0.2, 0.25) is 15.9 Å². The lowest BCUT2D eigenvalue weighted by molar-refractivity contribution is -0.153. The van der Waals surface area contributed by atoms with Crippen molar-refractivity contribution in [2.24, 2.45) is 5.41 Å². The number of rotatable bonds is 7. The zero-order chi connectivity index (χ0) is 19.5. The molecule has 0 heterocycles. The molecule has 2 rings (SSSR count). The molecule has 0 atom stereocenters. The maximum atomic E-state index is 12.6. The van der Waals surface area contributed by atoms with Crippen molar-refractivity contribution in [3.63, 3.8) is 0 Å². The molecule has 1 aromatic carbocycles. The number of sulfonamides is 1. The summed E-state index contributed by atoms with van der Waals surface area (Å²) in [6, 6.07) is 4.20. The lowest BCUT2D eigenvalue weighted by Gasteiger charge is -2.23. The van der Waals surface area contributed by atoms with Gasteiger partial charge < -0.3 is 15.2 Å². The predicted molar refractivity (Wildman–Crippen MR) is 95.6 cm³/mol. The van der Waals surface area contributed by atoms with Gasteiger partial charge in [-0.15, -0.1) is 0 Å². The molecule has 1 aromatic rings. The largest absolute Gasteiger partial charge is 0.492 e. The average Bonchev–Trinajstić information content (AvgIpc) is 3.07. The standard InChI is InChI=1S/C17H22N2O6S/c1-4-25-13-8-7-12(11-14(13)26(23,24)19(2)3)18-15(20)17(16(21)22)9-5-6-10-17/h5-8,11H,4,9-10H2,1-3H3,(H,18,20)(H,21,22). The number of hydrogen-bond donors (Lipinski definition) is 2. The minimum Gasteiger partial charge on any atom is -0.492 e. The van der Waals surface area contributed by atoms with Gasteiger partial charge >= 0.3 is 5.97 Å². The number of nitrogens with zero attached hydrogens (tertiary/aromatic N) is 1. The van der Waals surface area contributed by atoms with Crippen LogP contribution in [0.3, 0.4) is 0 Å². The second-order valence-electron chi connectivity index (χ2n) is 6.10. The molecule has 0 fully saturated rings. The highest BCUT2D eigenvalue weighted by Crippen LogP contribution is 2.36. The highest BCUT2D eigenvalue weighted by Gasteiger charge is 2.46. The number of carbonyl (C=O) groups excluding carboxylic acids is 1. The van der Waals surface area contributed by atoms with Crippen LogP contribution in [0, 0.1) is 5.41 Å². The van der Waals surface area contributed by atoms with Crippen molar-refractivity contribution in [2.45, 2.75) is 24.7 Å². The van der Waals surface area contributed by atoms with Gasteiger partial charge in [-0.25, -0.2) is 12.7 Å². The van der Waals surface area contributed by atoms with Gasteiger partial charge in [-0.1, -0.05) is 12.2 Å². The van der Waals surface area contributed by atoms with Crippen LogP contribution in [-0.2, 0) is 19.6 Å². The zero-order valence-corrected chi connectivity index (χ0v) is 15.7. The molecule has 0 aliphatic heterocycles. The molecule has 0 spiro atoms. The summed E-state index contributed by atoms with van der Waals surface area (Å²) in [5.74, 6) is -1.74. The van der Waals surface area contributed by atoms with E-state index in [1.807, 2.05) is 0 Å². The van der Waals surface area contributed by atoms with Crippen molar-refractivity contribution < 1.29 is 27.9 Å². The summed E-state index contributed by atoms with van der Waals surface area (Å²) in [4.78, 5) is 24.0. The minimum absolute atomic E-state index is 0.0913. The van der Waals surface area contributed by atoms with Crippen LogP contribution in [-0.4, -0.2) is 50.4 Å². The number of amides is 1. The molecule has 142 valence electrons. The Hall–Kier alpha value is -2.39. The van der Waals surface area contributed by atoms with Crippen LogP contribution in [0.2, 0.25) is 0 Å². The summed E-state index contributed by atoms with van der Waals surface area (Å²) in [6.07, 6.45) is 3.48. The zero-order valence-electron chi connectivity index (χ0n) is 14.9. The van der Waals surface area contributed by atoms with E-state index in [0.717, 1.165) is 4.31 Å². The first-order valence-electron chi connectivity index (χ1n) is 8.04. The summed E-state index contributed by atoms with van der Waals surface area (Å²) >= 11 is 0. The lowest BCUT2D eigenvalue weighted by Crippen LogP contribution is -2.41. The van der Waals surface area contributed by atoms with Crippen molar-refractivity contribution in [1.29, 1.82) is 0 Å². The number of anilines is 1. The summed E-state index contributed by atoms with van der Waals surface area (Å²) in [7, 11) is -1.03. The van der Waals surface area contributed by atoms with E-state index in [1.165, 1.54) is 32.3 Å². The number of ether oxygens (including phenoxy) is 1. The first kappa shape index (κ1) is 19.9. The maximum absolute atomic E-state index is 12.6. The molecule has 0 radical (unpaired) electrons. The summed E-state index contributed by atoms with van der Waals surface area (Å²) in [5.41, 5.74) is -1.38. The minimum atomic E-state index is -3.81. The number of benzene rings is 1. The number of aliphatic carboxylic acids is 1. The normalized spacial score (nSPS) is 15.8. The van der Waals surface area contributed by atoms with E-state index in [2.05, 4.69) is 5.32 Å². The van der Waals surface area contributed by atoms with Crippen LogP contribution in [0.15, 0.2) is 35.2 Å². The molecule has 1 aliphatic carbocycles. The summed E-state index contributed by atoms with van der Waals surface area (Å²) in [5, 5.41) is 12.0. The van der Waals surface area contributed by atoms with E-state index in [4.69, 9.17) is 4.74 Å². The third-order valence-corrected chi connectivity index (χ3v) is 6.04. The molecule has 0 bridgehead atoms. The van der Waals surface area contributed by atoms with E-state index in [9.17, 15) is 23.1 Å². The van der Waals surface area contributed by atoms with Crippen molar-refractivity contribution in [3.8, 4) is 5.75 Å². The topological polar surface area (TPSA) is 113 Å². The van der Waals surface area contributed by atoms with Crippen LogP contribution in [0.25, 0.3) is 0 Å². The molecule has 1 amide bonds. The molecule has 26 heavy (non-hydrogen) atoms. The second-order valence-corrected chi connectivity index (χ2v) is 8.22. The molecule has 0 saturated heterocycles. The van der Waals surface area contributed by atoms with Crippen LogP contribution >= 0.6 is 0 Å². The van der Waals surface area contributed by atoms with Gasteiger partial charge in [-0.2, -0.15) is 0 Å². The summed E-state index contributed by atoms with van der Waals surface area (Å²) < 4.78 is 31.5.